The summed E-state index contributed by atoms with van der Waals surface area (Å²) in [6, 6.07) is 4.19. The third kappa shape index (κ3) is 2.27. The van der Waals surface area contributed by atoms with Crippen LogP contribution in [0.15, 0.2) is 30.6 Å². The van der Waals surface area contributed by atoms with E-state index >= 15 is 0 Å². The fraction of sp³-hybridized carbons (Fsp3) is 0.250. The largest absolute Gasteiger partial charge is 0.323 e. The molecule has 1 aromatic heterocycles. The smallest absolute Gasteiger partial charge is 0.207 e. The number of hydrogen-bond donors (Lipinski definition) is 1. The molecule has 17 heavy (non-hydrogen) atoms. The van der Waals surface area contributed by atoms with Gasteiger partial charge >= 0.3 is 0 Å². The summed E-state index contributed by atoms with van der Waals surface area (Å²) >= 11 is 0. The lowest BCUT2D eigenvalue weighted by molar-refractivity contribution is 0.511. The van der Waals surface area contributed by atoms with Crippen molar-refractivity contribution in [2.45, 2.75) is 19.9 Å². The van der Waals surface area contributed by atoms with Crippen molar-refractivity contribution in [1.82, 2.24) is 9.55 Å². The Morgan fingerprint density at radius 1 is 1.29 bits per heavy atom. The van der Waals surface area contributed by atoms with Crippen LogP contribution in [0.5, 0.6) is 0 Å². The van der Waals surface area contributed by atoms with Gasteiger partial charge in [0.2, 0.25) is 5.95 Å². The van der Waals surface area contributed by atoms with Crippen LogP contribution in [0.2, 0.25) is 0 Å². The van der Waals surface area contributed by atoms with Crippen LogP contribution in [-0.4, -0.2) is 9.55 Å². The highest BCUT2D eigenvalue weighted by Gasteiger charge is 2.11. The van der Waals surface area contributed by atoms with E-state index in [9.17, 15) is 8.78 Å². The van der Waals surface area contributed by atoms with Crippen LogP contribution in [0.1, 0.15) is 19.9 Å². The lowest BCUT2D eigenvalue weighted by Crippen LogP contribution is -2.06. The molecule has 3 nitrogen and oxygen atoms in total. The van der Waals surface area contributed by atoms with Gasteiger partial charge in [0, 0.05) is 18.4 Å². The van der Waals surface area contributed by atoms with Crippen LogP contribution in [0, 0.1) is 11.6 Å². The molecule has 1 aromatic carbocycles. The van der Waals surface area contributed by atoms with E-state index in [0.717, 1.165) is 6.07 Å². The van der Waals surface area contributed by atoms with Crippen molar-refractivity contribution in [3.05, 3.63) is 42.2 Å². The van der Waals surface area contributed by atoms with Crippen LogP contribution in [0.4, 0.5) is 20.4 Å². The Morgan fingerprint density at radius 2 is 2.06 bits per heavy atom. The molecular weight excluding hydrogens is 224 g/mol. The van der Waals surface area contributed by atoms with E-state index in [2.05, 4.69) is 10.3 Å². The topological polar surface area (TPSA) is 29.9 Å². The number of aromatic nitrogens is 2. The third-order valence-corrected chi connectivity index (χ3v) is 2.42. The van der Waals surface area contributed by atoms with Crippen LogP contribution >= 0.6 is 0 Å². The monoisotopic (exact) mass is 237 g/mol. The van der Waals surface area contributed by atoms with E-state index in [4.69, 9.17) is 0 Å². The summed E-state index contributed by atoms with van der Waals surface area (Å²) in [5.74, 6) is -1.28. The molecule has 0 aliphatic heterocycles. The van der Waals surface area contributed by atoms with E-state index in [1.807, 2.05) is 18.4 Å². The van der Waals surface area contributed by atoms with Gasteiger partial charge in [-0.1, -0.05) is 6.07 Å². The number of nitrogens with one attached hydrogen (secondary N) is 1. The molecule has 0 amide bonds. The molecule has 0 aliphatic carbocycles. The van der Waals surface area contributed by atoms with Crippen molar-refractivity contribution in [3.63, 3.8) is 0 Å². The van der Waals surface area contributed by atoms with Gasteiger partial charge in [0.1, 0.15) is 0 Å². The highest BCUT2D eigenvalue weighted by molar-refractivity contribution is 5.54. The van der Waals surface area contributed by atoms with E-state index in [-0.39, 0.29) is 11.7 Å². The highest BCUT2D eigenvalue weighted by Crippen LogP contribution is 2.22. The molecule has 2 aromatic rings. The predicted molar refractivity (Wildman–Crippen MR) is 62.3 cm³/mol. The standard InChI is InChI=1S/C12H13F2N3/c1-8(2)17-7-6-15-12(17)16-10-5-3-4-9(13)11(10)14/h3-8H,1-2H3,(H,15,16). The Morgan fingerprint density at radius 3 is 2.76 bits per heavy atom. The number of nitrogens with zero attached hydrogens (tertiary/aromatic N) is 2. The van der Waals surface area contributed by atoms with Gasteiger partial charge in [0.05, 0.1) is 5.69 Å². The van der Waals surface area contributed by atoms with Crippen molar-refractivity contribution >= 4 is 11.6 Å². The van der Waals surface area contributed by atoms with Crippen molar-refractivity contribution < 1.29 is 8.78 Å². The number of rotatable bonds is 3. The molecule has 90 valence electrons. The maximum atomic E-state index is 13.5. The normalized spacial score (nSPS) is 10.9. The maximum Gasteiger partial charge on any atom is 0.207 e. The Kier molecular flexibility index (Phi) is 3.08. The average molecular weight is 237 g/mol. The van der Waals surface area contributed by atoms with Gasteiger partial charge in [-0.2, -0.15) is 0 Å². The van der Waals surface area contributed by atoms with E-state index in [1.54, 1.807) is 12.4 Å². The van der Waals surface area contributed by atoms with Gasteiger partial charge in [-0.3, -0.25) is 0 Å². The summed E-state index contributed by atoms with van der Waals surface area (Å²) in [5.41, 5.74) is 0.0816. The van der Waals surface area contributed by atoms with E-state index < -0.39 is 11.6 Å². The molecule has 5 heteroatoms. The number of imidazole rings is 1. The summed E-state index contributed by atoms with van der Waals surface area (Å²) in [6.45, 7) is 3.96. The lowest BCUT2D eigenvalue weighted by atomic mass is 10.3. The SMILES string of the molecule is CC(C)n1ccnc1Nc1cccc(F)c1F. The van der Waals surface area contributed by atoms with Crippen molar-refractivity contribution in [2.24, 2.45) is 0 Å². The molecular formula is C12H13F2N3. The lowest BCUT2D eigenvalue weighted by Gasteiger charge is -2.13. The molecule has 0 atom stereocenters. The molecule has 0 radical (unpaired) electrons. The molecule has 0 spiro atoms. The number of anilines is 2. The predicted octanol–water partition coefficient (Wildman–Crippen LogP) is 3.49. The first-order valence-electron chi connectivity index (χ1n) is 5.33. The maximum absolute atomic E-state index is 13.5. The zero-order valence-electron chi connectivity index (χ0n) is 9.61. The Labute approximate surface area is 98.1 Å². The molecule has 0 unspecified atom stereocenters. The first-order valence-corrected chi connectivity index (χ1v) is 5.33. The van der Waals surface area contributed by atoms with Gasteiger partial charge in [0.15, 0.2) is 11.6 Å². The van der Waals surface area contributed by atoms with Crippen molar-refractivity contribution in [3.8, 4) is 0 Å². The molecule has 0 aliphatic rings. The van der Waals surface area contributed by atoms with E-state index in [0.29, 0.717) is 5.95 Å². The molecule has 0 bridgehead atoms. The molecule has 0 saturated heterocycles. The van der Waals surface area contributed by atoms with Gasteiger partial charge in [-0.05, 0) is 26.0 Å². The minimum atomic E-state index is -0.897. The van der Waals surface area contributed by atoms with Crippen molar-refractivity contribution in [1.29, 1.82) is 0 Å². The van der Waals surface area contributed by atoms with E-state index in [1.165, 1.54) is 12.1 Å². The molecule has 1 heterocycles. The Hall–Kier alpha value is -1.91. The van der Waals surface area contributed by atoms with Gasteiger partial charge in [0.25, 0.3) is 0 Å². The first-order chi connectivity index (χ1) is 8.09. The van der Waals surface area contributed by atoms with Gasteiger partial charge in [-0.25, -0.2) is 13.8 Å². The number of benzene rings is 1. The van der Waals surface area contributed by atoms with Crippen LogP contribution in [-0.2, 0) is 0 Å². The van der Waals surface area contributed by atoms with Gasteiger partial charge < -0.3 is 9.88 Å². The molecule has 2 rings (SSSR count). The molecule has 0 saturated carbocycles. The first kappa shape index (κ1) is 11.6. The van der Waals surface area contributed by atoms with Crippen LogP contribution in [0.25, 0.3) is 0 Å². The zero-order chi connectivity index (χ0) is 12.4. The summed E-state index contributed by atoms with van der Waals surface area (Å²) in [4.78, 5) is 4.07. The average Bonchev–Trinajstić information content (AvgIpc) is 2.73. The fourth-order valence-electron chi connectivity index (χ4n) is 1.55. The highest BCUT2D eigenvalue weighted by atomic mass is 19.2. The second-order valence-electron chi connectivity index (χ2n) is 3.98. The van der Waals surface area contributed by atoms with Crippen LogP contribution in [0.3, 0.4) is 0 Å². The molecule has 0 fully saturated rings. The second-order valence-corrected chi connectivity index (χ2v) is 3.98. The minimum absolute atomic E-state index is 0.0816. The van der Waals surface area contributed by atoms with Crippen LogP contribution < -0.4 is 5.32 Å². The Balaban J connectivity index is 2.32. The zero-order valence-corrected chi connectivity index (χ0v) is 9.61. The summed E-state index contributed by atoms with van der Waals surface area (Å²) in [6.07, 6.45) is 3.39. The third-order valence-electron chi connectivity index (χ3n) is 2.42. The minimum Gasteiger partial charge on any atom is -0.323 e. The molecule has 1 N–H and O–H groups in total. The fourth-order valence-corrected chi connectivity index (χ4v) is 1.55. The number of halogens is 2. The van der Waals surface area contributed by atoms with Gasteiger partial charge in [-0.15, -0.1) is 0 Å². The Bertz CT molecular complexity index is 520. The van der Waals surface area contributed by atoms with Crippen molar-refractivity contribution in [2.75, 3.05) is 5.32 Å². The summed E-state index contributed by atoms with van der Waals surface area (Å²) < 4.78 is 28.3. The summed E-state index contributed by atoms with van der Waals surface area (Å²) in [5, 5.41) is 2.78. The second kappa shape index (κ2) is 4.53. The number of hydrogen-bond acceptors (Lipinski definition) is 2. The quantitative estimate of drug-likeness (QED) is 0.885. The summed E-state index contributed by atoms with van der Waals surface area (Å²) in [7, 11) is 0.